The molecule has 2 N–H and O–H groups in total. The van der Waals surface area contributed by atoms with Crippen molar-refractivity contribution in [2.75, 3.05) is 0 Å². The lowest BCUT2D eigenvalue weighted by molar-refractivity contribution is 0.584. The molecule has 0 aliphatic heterocycles. The molecule has 0 amide bonds. The van der Waals surface area contributed by atoms with Crippen molar-refractivity contribution >= 4 is 0 Å². The summed E-state index contributed by atoms with van der Waals surface area (Å²) in [6.45, 7) is 0.655. The van der Waals surface area contributed by atoms with Crippen molar-refractivity contribution in [2.24, 2.45) is 0 Å². The number of hydrogen-bond donors (Lipinski definition) is 2. The summed E-state index contributed by atoms with van der Waals surface area (Å²) in [6, 6.07) is 4.03. The zero-order valence-corrected chi connectivity index (χ0v) is 9.71. The Bertz CT molecular complexity index is 541. The Hall–Kier alpha value is -1.75. The monoisotopic (exact) mass is 249 g/mol. The summed E-state index contributed by atoms with van der Waals surface area (Å²) >= 11 is 0. The first-order chi connectivity index (χ1) is 8.70. The van der Waals surface area contributed by atoms with E-state index in [9.17, 15) is 8.78 Å². The molecule has 0 radical (unpaired) electrons. The summed E-state index contributed by atoms with van der Waals surface area (Å²) in [5, 5.41) is 3.32. The van der Waals surface area contributed by atoms with Crippen LogP contribution < -0.4 is 5.32 Å². The molecule has 1 fully saturated rings. The molecule has 0 bridgehead atoms. The Labute approximate surface area is 103 Å². The van der Waals surface area contributed by atoms with Crippen LogP contribution in [0.1, 0.15) is 18.7 Å². The van der Waals surface area contributed by atoms with Crippen LogP contribution in [0, 0.1) is 11.6 Å². The van der Waals surface area contributed by atoms with Crippen molar-refractivity contribution in [1.29, 1.82) is 0 Å². The second kappa shape index (κ2) is 4.49. The zero-order chi connectivity index (χ0) is 12.5. The van der Waals surface area contributed by atoms with E-state index < -0.39 is 11.6 Å². The highest BCUT2D eigenvalue weighted by molar-refractivity contribution is 5.58. The van der Waals surface area contributed by atoms with Gasteiger partial charge in [-0.25, -0.2) is 13.8 Å². The molecule has 1 saturated carbocycles. The summed E-state index contributed by atoms with van der Waals surface area (Å²) in [5.41, 5.74) is 1.10. The summed E-state index contributed by atoms with van der Waals surface area (Å²) < 4.78 is 26.2. The van der Waals surface area contributed by atoms with Gasteiger partial charge in [-0.15, -0.1) is 0 Å². The number of benzene rings is 1. The zero-order valence-electron chi connectivity index (χ0n) is 9.71. The van der Waals surface area contributed by atoms with E-state index in [0.717, 1.165) is 11.9 Å². The van der Waals surface area contributed by atoms with Gasteiger partial charge in [0.1, 0.15) is 17.5 Å². The summed E-state index contributed by atoms with van der Waals surface area (Å²) in [6.07, 6.45) is 4.02. The van der Waals surface area contributed by atoms with Crippen LogP contribution in [-0.4, -0.2) is 16.0 Å². The number of nitrogens with zero attached hydrogens (tertiary/aromatic N) is 1. The number of imidazole rings is 1. The number of hydrogen-bond acceptors (Lipinski definition) is 2. The third kappa shape index (κ3) is 2.56. The highest BCUT2D eigenvalue weighted by Crippen LogP contribution is 2.21. The smallest absolute Gasteiger partial charge is 0.126 e. The molecule has 2 aromatic rings. The van der Waals surface area contributed by atoms with Crippen LogP contribution in [0.25, 0.3) is 11.3 Å². The molecule has 0 atom stereocenters. The van der Waals surface area contributed by atoms with Gasteiger partial charge in [0.05, 0.1) is 18.4 Å². The second-order valence-corrected chi connectivity index (χ2v) is 4.56. The van der Waals surface area contributed by atoms with Crippen LogP contribution in [0.15, 0.2) is 24.4 Å². The van der Waals surface area contributed by atoms with E-state index >= 15 is 0 Å². The minimum absolute atomic E-state index is 0.470. The first-order valence-corrected chi connectivity index (χ1v) is 5.94. The van der Waals surface area contributed by atoms with Crippen LogP contribution in [0.2, 0.25) is 0 Å². The molecule has 0 saturated heterocycles. The molecule has 94 valence electrons. The molecule has 1 aromatic carbocycles. The average Bonchev–Trinajstić information content (AvgIpc) is 3.02. The number of halogens is 2. The maximum absolute atomic E-state index is 13.1. The first kappa shape index (κ1) is 11.3. The van der Waals surface area contributed by atoms with E-state index in [2.05, 4.69) is 15.3 Å². The van der Waals surface area contributed by atoms with Crippen LogP contribution >= 0.6 is 0 Å². The fraction of sp³-hybridized carbons (Fsp3) is 0.308. The minimum atomic E-state index is -0.586. The van der Waals surface area contributed by atoms with Gasteiger partial charge in [0.2, 0.25) is 0 Å². The highest BCUT2D eigenvalue weighted by Gasteiger charge is 2.20. The van der Waals surface area contributed by atoms with Gasteiger partial charge in [0.15, 0.2) is 0 Å². The second-order valence-electron chi connectivity index (χ2n) is 4.56. The molecule has 18 heavy (non-hydrogen) atoms. The lowest BCUT2D eigenvalue weighted by atomic mass is 10.1. The number of rotatable bonds is 4. The summed E-state index contributed by atoms with van der Waals surface area (Å²) in [7, 11) is 0. The summed E-state index contributed by atoms with van der Waals surface area (Å²) in [5.74, 6) is -0.393. The van der Waals surface area contributed by atoms with Gasteiger partial charge in [-0.2, -0.15) is 0 Å². The maximum atomic E-state index is 13.1. The van der Waals surface area contributed by atoms with Crippen LogP contribution in [0.3, 0.4) is 0 Å². The van der Waals surface area contributed by atoms with Crippen molar-refractivity contribution in [3.05, 3.63) is 41.9 Å². The third-order valence-electron chi connectivity index (χ3n) is 2.94. The van der Waals surface area contributed by atoms with E-state index in [1.54, 1.807) is 6.20 Å². The molecule has 0 unspecified atom stereocenters. The maximum Gasteiger partial charge on any atom is 0.126 e. The predicted molar refractivity (Wildman–Crippen MR) is 63.8 cm³/mol. The van der Waals surface area contributed by atoms with Crippen molar-refractivity contribution in [1.82, 2.24) is 15.3 Å². The number of nitrogens with one attached hydrogen (secondary N) is 2. The molecular weight excluding hydrogens is 236 g/mol. The van der Waals surface area contributed by atoms with Gasteiger partial charge in [0.25, 0.3) is 0 Å². The Morgan fingerprint density at radius 2 is 1.94 bits per heavy atom. The quantitative estimate of drug-likeness (QED) is 0.874. The van der Waals surface area contributed by atoms with E-state index in [0.29, 0.717) is 23.8 Å². The van der Waals surface area contributed by atoms with Crippen molar-refractivity contribution in [3.63, 3.8) is 0 Å². The van der Waals surface area contributed by atoms with Gasteiger partial charge in [-0.1, -0.05) is 0 Å². The third-order valence-corrected chi connectivity index (χ3v) is 2.94. The fourth-order valence-electron chi connectivity index (χ4n) is 1.84. The van der Waals surface area contributed by atoms with Crippen LogP contribution in [0.4, 0.5) is 8.78 Å². The molecule has 5 heteroatoms. The SMILES string of the molecule is Fc1cc(F)cc(-c2cnc(CNC3CC3)[nH]2)c1. The molecule has 1 aliphatic carbocycles. The van der Waals surface area contributed by atoms with E-state index in [1.165, 1.54) is 25.0 Å². The Balaban J connectivity index is 1.78. The lowest BCUT2D eigenvalue weighted by Gasteiger charge is -2.00. The predicted octanol–water partition coefficient (Wildman–Crippen LogP) is 2.61. The highest BCUT2D eigenvalue weighted by atomic mass is 19.1. The van der Waals surface area contributed by atoms with Gasteiger partial charge in [0, 0.05) is 17.7 Å². The standard InChI is InChI=1S/C13H13F2N3/c14-9-3-8(4-10(15)5-9)12-6-17-13(18-12)7-16-11-1-2-11/h3-6,11,16H,1-2,7H2,(H,17,18). The number of H-pyrrole nitrogens is 1. The fourth-order valence-corrected chi connectivity index (χ4v) is 1.84. The van der Waals surface area contributed by atoms with Crippen molar-refractivity contribution < 1.29 is 8.78 Å². The molecule has 0 spiro atoms. The molecule has 3 nitrogen and oxygen atoms in total. The normalized spacial score (nSPS) is 15.0. The van der Waals surface area contributed by atoms with Gasteiger partial charge >= 0.3 is 0 Å². The van der Waals surface area contributed by atoms with Crippen molar-refractivity contribution in [2.45, 2.75) is 25.4 Å². The molecule has 1 aliphatic rings. The van der Waals surface area contributed by atoms with E-state index in [4.69, 9.17) is 0 Å². The molecular formula is C13H13F2N3. The topological polar surface area (TPSA) is 40.7 Å². The van der Waals surface area contributed by atoms with Gasteiger partial charge < -0.3 is 10.3 Å². The van der Waals surface area contributed by atoms with Crippen LogP contribution in [0.5, 0.6) is 0 Å². The molecule has 1 heterocycles. The van der Waals surface area contributed by atoms with Gasteiger partial charge in [-0.3, -0.25) is 0 Å². The van der Waals surface area contributed by atoms with Crippen molar-refractivity contribution in [3.8, 4) is 11.3 Å². The Morgan fingerprint density at radius 3 is 2.61 bits per heavy atom. The first-order valence-electron chi connectivity index (χ1n) is 5.94. The largest absolute Gasteiger partial charge is 0.341 e. The lowest BCUT2D eigenvalue weighted by Crippen LogP contribution is -2.16. The van der Waals surface area contributed by atoms with Gasteiger partial charge in [-0.05, 0) is 25.0 Å². The minimum Gasteiger partial charge on any atom is -0.341 e. The molecule has 3 rings (SSSR count). The van der Waals surface area contributed by atoms with Crippen LogP contribution in [-0.2, 0) is 6.54 Å². The van der Waals surface area contributed by atoms with E-state index in [1.807, 2.05) is 0 Å². The number of aromatic amines is 1. The Kier molecular flexibility index (Phi) is 2.83. The average molecular weight is 249 g/mol. The van der Waals surface area contributed by atoms with E-state index in [-0.39, 0.29) is 0 Å². The molecule has 1 aromatic heterocycles. The Morgan fingerprint density at radius 1 is 1.22 bits per heavy atom. The summed E-state index contributed by atoms with van der Waals surface area (Å²) in [4.78, 5) is 7.25. The number of aromatic nitrogens is 2.